The van der Waals surface area contributed by atoms with Gasteiger partial charge in [-0.15, -0.1) is 0 Å². The summed E-state index contributed by atoms with van der Waals surface area (Å²) >= 11 is 7.04. The Hall–Kier alpha value is -0.100. The summed E-state index contributed by atoms with van der Waals surface area (Å²) in [6.45, 7) is 9.03. The third-order valence-corrected chi connectivity index (χ3v) is 3.47. The summed E-state index contributed by atoms with van der Waals surface area (Å²) in [6, 6.07) is 4.07. The van der Waals surface area contributed by atoms with Crippen LogP contribution in [0.15, 0.2) is 21.1 Å². The maximum atomic E-state index is 5.68. The molecule has 0 radical (unpaired) electrons. The van der Waals surface area contributed by atoms with Crippen molar-refractivity contribution in [1.82, 2.24) is 5.32 Å². The van der Waals surface area contributed by atoms with Crippen LogP contribution in [0.5, 0.6) is 5.75 Å². The summed E-state index contributed by atoms with van der Waals surface area (Å²) in [7, 11) is 0. The highest BCUT2D eigenvalue weighted by Gasteiger charge is 2.09. The molecule has 1 rings (SSSR count). The van der Waals surface area contributed by atoms with Gasteiger partial charge in [-0.1, -0.05) is 15.9 Å². The summed E-state index contributed by atoms with van der Waals surface area (Å²) < 4.78 is 13.2. The van der Waals surface area contributed by atoms with Crippen LogP contribution in [0.25, 0.3) is 0 Å². The number of halogens is 2. The third kappa shape index (κ3) is 6.25. The molecule has 0 aromatic heterocycles. The van der Waals surface area contributed by atoms with E-state index in [-0.39, 0.29) is 6.10 Å². The molecular weight excluding hydrogens is 374 g/mol. The van der Waals surface area contributed by atoms with Gasteiger partial charge in [-0.2, -0.15) is 0 Å². The lowest BCUT2D eigenvalue weighted by atomic mass is 10.2. The van der Waals surface area contributed by atoms with Crippen LogP contribution in [0.2, 0.25) is 0 Å². The Labute approximate surface area is 132 Å². The van der Waals surface area contributed by atoms with E-state index in [1.807, 2.05) is 26.8 Å². The Morgan fingerprint density at radius 2 is 2.00 bits per heavy atom. The molecule has 3 nitrogen and oxygen atoms in total. The van der Waals surface area contributed by atoms with Crippen molar-refractivity contribution in [1.29, 1.82) is 0 Å². The minimum absolute atomic E-state index is 0.279. The van der Waals surface area contributed by atoms with E-state index >= 15 is 0 Å². The van der Waals surface area contributed by atoms with E-state index in [2.05, 4.69) is 43.2 Å². The van der Waals surface area contributed by atoms with Crippen molar-refractivity contribution in [2.45, 2.75) is 33.4 Å². The van der Waals surface area contributed by atoms with Crippen LogP contribution in [0, 0.1) is 0 Å². The topological polar surface area (TPSA) is 30.5 Å². The number of ether oxygens (including phenoxy) is 2. The zero-order chi connectivity index (χ0) is 14.3. The fourth-order valence-corrected chi connectivity index (χ4v) is 3.07. The van der Waals surface area contributed by atoms with Crippen LogP contribution in [-0.2, 0) is 11.3 Å². The predicted molar refractivity (Wildman–Crippen MR) is 85.8 cm³/mol. The lowest BCUT2D eigenvalue weighted by Crippen LogP contribution is -2.21. The molecule has 1 aromatic carbocycles. The van der Waals surface area contributed by atoms with Gasteiger partial charge in [0, 0.05) is 23.1 Å². The van der Waals surface area contributed by atoms with Gasteiger partial charge in [0.25, 0.3) is 0 Å². The summed E-state index contributed by atoms with van der Waals surface area (Å²) in [4.78, 5) is 0. The number of hydrogen-bond donors (Lipinski definition) is 1. The summed E-state index contributed by atoms with van der Waals surface area (Å²) in [5.41, 5.74) is 1.13. The first-order chi connectivity index (χ1) is 9.04. The number of hydrogen-bond acceptors (Lipinski definition) is 3. The highest BCUT2D eigenvalue weighted by Crippen LogP contribution is 2.32. The van der Waals surface area contributed by atoms with Crippen LogP contribution < -0.4 is 10.1 Å². The summed E-state index contributed by atoms with van der Waals surface area (Å²) in [6.07, 6.45) is 0.279. The van der Waals surface area contributed by atoms with Gasteiger partial charge in [0.05, 0.1) is 23.8 Å². The largest absolute Gasteiger partial charge is 0.492 e. The van der Waals surface area contributed by atoms with Crippen molar-refractivity contribution in [2.24, 2.45) is 0 Å². The van der Waals surface area contributed by atoms with E-state index in [4.69, 9.17) is 9.47 Å². The van der Waals surface area contributed by atoms with E-state index < -0.39 is 0 Å². The Morgan fingerprint density at radius 3 is 2.63 bits per heavy atom. The number of nitrogens with one attached hydrogen (secondary N) is 1. The molecule has 0 heterocycles. The van der Waals surface area contributed by atoms with Crippen LogP contribution in [-0.4, -0.2) is 25.9 Å². The van der Waals surface area contributed by atoms with E-state index in [9.17, 15) is 0 Å². The van der Waals surface area contributed by atoms with Crippen LogP contribution >= 0.6 is 31.9 Å². The molecule has 0 aliphatic heterocycles. The van der Waals surface area contributed by atoms with Crippen LogP contribution in [0.1, 0.15) is 26.3 Å². The Morgan fingerprint density at radius 1 is 1.26 bits per heavy atom. The molecule has 0 atom stereocenters. The Balaban J connectivity index is 2.56. The molecule has 0 aliphatic rings. The van der Waals surface area contributed by atoms with E-state index in [0.29, 0.717) is 6.61 Å². The maximum Gasteiger partial charge on any atom is 0.138 e. The quantitative estimate of drug-likeness (QED) is 0.672. The highest BCUT2D eigenvalue weighted by molar-refractivity contribution is 9.11. The van der Waals surface area contributed by atoms with Gasteiger partial charge < -0.3 is 14.8 Å². The van der Waals surface area contributed by atoms with Gasteiger partial charge in [-0.25, -0.2) is 0 Å². The maximum absolute atomic E-state index is 5.68. The van der Waals surface area contributed by atoms with Crippen molar-refractivity contribution in [3.05, 3.63) is 26.6 Å². The van der Waals surface area contributed by atoms with Gasteiger partial charge in [0.15, 0.2) is 0 Å². The Bertz CT molecular complexity index is 397. The second kappa shape index (κ2) is 8.95. The van der Waals surface area contributed by atoms with Crippen molar-refractivity contribution < 1.29 is 9.47 Å². The zero-order valence-electron chi connectivity index (χ0n) is 11.6. The molecule has 0 fully saturated rings. The van der Waals surface area contributed by atoms with Crippen molar-refractivity contribution in [3.8, 4) is 5.75 Å². The number of rotatable bonds is 8. The zero-order valence-corrected chi connectivity index (χ0v) is 14.8. The molecule has 0 saturated carbocycles. The fourth-order valence-electron chi connectivity index (χ4n) is 1.64. The molecule has 0 saturated heterocycles. The number of benzene rings is 1. The van der Waals surface area contributed by atoms with E-state index in [1.165, 1.54) is 0 Å². The molecule has 0 unspecified atom stereocenters. The average molecular weight is 395 g/mol. The molecule has 0 spiro atoms. The molecular formula is C14H21Br2NO2. The first-order valence-electron chi connectivity index (χ1n) is 6.47. The highest BCUT2D eigenvalue weighted by atomic mass is 79.9. The van der Waals surface area contributed by atoms with Crippen molar-refractivity contribution in [2.75, 3.05) is 19.8 Å². The molecule has 1 N–H and O–H groups in total. The van der Waals surface area contributed by atoms with Gasteiger partial charge in [-0.05, 0) is 48.8 Å². The Kier molecular flexibility index (Phi) is 7.99. The first kappa shape index (κ1) is 17.0. The van der Waals surface area contributed by atoms with Crippen molar-refractivity contribution in [3.63, 3.8) is 0 Å². The monoisotopic (exact) mass is 393 g/mol. The molecule has 108 valence electrons. The minimum atomic E-state index is 0.279. The molecule has 0 aliphatic carbocycles. The lowest BCUT2D eigenvalue weighted by molar-refractivity contribution is 0.0806. The van der Waals surface area contributed by atoms with Gasteiger partial charge in [0.1, 0.15) is 5.75 Å². The van der Waals surface area contributed by atoms with Gasteiger partial charge >= 0.3 is 0 Å². The standard InChI is InChI=1S/C14H21Br2NO2/c1-4-18-14-11(7-12(15)8-13(14)16)9-17-5-6-19-10(2)3/h7-8,10,17H,4-6,9H2,1-3H3. The molecule has 5 heteroatoms. The van der Waals surface area contributed by atoms with E-state index in [1.54, 1.807) is 0 Å². The molecule has 19 heavy (non-hydrogen) atoms. The minimum Gasteiger partial charge on any atom is -0.492 e. The molecule has 0 amide bonds. The van der Waals surface area contributed by atoms with Gasteiger partial charge in [-0.3, -0.25) is 0 Å². The summed E-state index contributed by atoms with van der Waals surface area (Å²) in [5.74, 6) is 0.906. The van der Waals surface area contributed by atoms with E-state index in [0.717, 1.165) is 40.0 Å². The normalized spacial score (nSPS) is 11.1. The van der Waals surface area contributed by atoms with Crippen LogP contribution in [0.3, 0.4) is 0 Å². The van der Waals surface area contributed by atoms with Crippen molar-refractivity contribution >= 4 is 31.9 Å². The second-order valence-corrected chi connectivity index (χ2v) is 6.18. The smallest absolute Gasteiger partial charge is 0.138 e. The third-order valence-electron chi connectivity index (χ3n) is 2.42. The van der Waals surface area contributed by atoms with Gasteiger partial charge in [0.2, 0.25) is 0 Å². The molecule has 1 aromatic rings. The summed E-state index contributed by atoms with van der Waals surface area (Å²) in [5, 5.41) is 3.36. The average Bonchev–Trinajstić information content (AvgIpc) is 2.32. The first-order valence-corrected chi connectivity index (χ1v) is 8.06. The van der Waals surface area contributed by atoms with Crippen LogP contribution in [0.4, 0.5) is 0 Å². The predicted octanol–water partition coefficient (Wildman–Crippen LogP) is 4.12. The lowest BCUT2D eigenvalue weighted by Gasteiger charge is -2.14. The molecule has 0 bridgehead atoms. The second-order valence-electron chi connectivity index (χ2n) is 4.41. The SMILES string of the molecule is CCOc1c(Br)cc(Br)cc1CNCCOC(C)C. The fraction of sp³-hybridized carbons (Fsp3) is 0.571.